The molecule has 1 atom stereocenters. The molecule has 4 aliphatic rings. The Kier molecular flexibility index (Phi) is 5.02. The molecule has 0 radical (unpaired) electrons. The number of hydrogen-bond donors (Lipinski definition) is 2. The van der Waals surface area contributed by atoms with Gasteiger partial charge in [0.25, 0.3) is 0 Å². The van der Waals surface area contributed by atoms with Crippen molar-refractivity contribution < 1.29 is 19.1 Å². The second-order valence-corrected chi connectivity index (χ2v) is 9.54. The Labute approximate surface area is 150 Å². The van der Waals surface area contributed by atoms with Gasteiger partial charge in [0.05, 0.1) is 19.2 Å². The van der Waals surface area contributed by atoms with Crippen LogP contribution in [-0.4, -0.2) is 30.4 Å². The molecule has 0 aromatic heterocycles. The fourth-order valence-electron chi connectivity index (χ4n) is 5.49. The lowest BCUT2D eigenvalue weighted by Crippen LogP contribution is -2.50. The summed E-state index contributed by atoms with van der Waals surface area (Å²) in [6.45, 7) is 5.86. The number of carbonyl (C=O) groups is 2. The normalized spacial score (nSPS) is 34.5. The first-order valence-corrected chi connectivity index (χ1v) is 9.53. The zero-order chi connectivity index (χ0) is 18.2. The smallest absolute Gasteiger partial charge is 0.408 e. The van der Waals surface area contributed by atoms with Gasteiger partial charge in [-0.15, -0.1) is 0 Å². The van der Waals surface area contributed by atoms with Crippen LogP contribution in [0.15, 0.2) is 0 Å². The molecule has 4 bridgehead atoms. The summed E-state index contributed by atoms with van der Waals surface area (Å²) < 4.78 is 10.7. The van der Waals surface area contributed by atoms with E-state index in [0.29, 0.717) is 6.61 Å². The average Bonchev–Trinajstić information content (AvgIpc) is 2.41. The van der Waals surface area contributed by atoms with Crippen molar-refractivity contribution in [3.05, 3.63) is 0 Å². The number of carbonyl (C=O) groups excluding carboxylic acids is 2. The van der Waals surface area contributed by atoms with Gasteiger partial charge in [0.2, 0.25) is 0 Å². The number of amides is 1. The highest BCUT2D eigenvalue weighted by Gasteiger charge is 2.51. The van der Waals surface area contributed by atoms with E-state index in [2.05, 4.69) is 5.32 Å². The minimum Gasteiger partial charge on any atom is -0.460 e. The summed E-state index contributed by atoms with van der Waals surface area (Å²) in [6, 6.07) is 0. The van der Waals surface area contributed by atoms with E-state index in [1.807, 2.05) is 0 Å². The quantitative estimate of drug-likeness (QED) is 0.586. The molecule has 142 valence electrons. The number of nitrogens with two attached hydrogens (primary N) is 1. The van der Waals surface area contributed by atoms with Crippen molar-refractivity contribution in [2.24, 2.45) is 28.9 Å². The fourth-order valence-corrected chi connectivity index (χ4v) is 5.49. The molecule has 0 aromatic rings. The maximum atomic E-state index is 12.0. The van der Waals surface area contributed by atoms with Crippen molar-refractivity contribution in [2.45, 2.75) is 77.5 Å². The molecule has 6 nitrogen and oxygen atoms in total. The molecule has 4 fully saturated rings. The molecule has 1 amide bonds. The van der Waals surface area contributed by atoms with Gasteiger partial charge in [0.15, 0.2) is 0 Å². The van der Waals surface area contributed by atoms with E-state index < -0.39 is 23.8 Å². The van der Waals surface area contributed by atoms with Gasteiger partial charge in [-0.1, -0.05) is 0 Å². The van der Waals surface area contributed by atoms with Crippen LogP contribution in [0.5, 0.6) is 0 Å². The van der Waals surface area contributed by atoms with E-state index in [4.69, 9.17) is 15.2 Å². The van der Waals surface area contributed by atoms with Crippen LogP contribution in [0.3, 0.4) is 0 Å². The van der Waals surface area contributed by atoms with Crippen molar-refractivity contribution in [2.75, 3.05) is 6.61 Å². The van der Waals surface area contributed by atoms with E-state index in [-0.39, 0.29) is 11.8 Å². The van der Waals surface area contributed by atoms with Crippen LogP contribution in [-0.2, 0) is 14.3 Å². The highest BCUT2D eigenvalue weighted by molar-refractivity contribution is 5.72. The van der Waals surface area contributed by atoms with Crippen LogP contribution in [0.4, 0.5) is 4.79 Å². The molecule has 4 aliphatic carbocycles. The first-order valence-electron chi connectivity index (χ1n) is 9.53. The van der Waals surface area contributed by atoms with E-state index in [9.17, 15) is 9.59 Å². The third-order valence-corrected chi connectivity index (χ3v) is 5.78. The van der Waals surface area contributed by atoms with Gasteiger partial charge in [-0.05, 0) is 77.0 Å². The zero-order valence-corrected chi connectivity index (χ0v) is 15.7. The number of rotatable bonds is 5. The Bertz CT molecular complexity index is 491. The van der Waals surface area contributed by atoms with E-state index in [0.717, 1.165) is 17.8 Å². The van der Waals surface area contributed by atoms with Gasteiger partial charge < -0.3 is 20.5 Å². The predicted molar refractivity (Wildman–Crippen MR) is 93.5 cm³/mol. The Morgan fingerprint density at radius 1 is 1.12 bits per heavy atom. The van der Waals surface area contributed by atoms with Crippen LogP contribution < -0.4 is 11.1 Å². The molecule has 0 heterocycles. The second kappa shape index (κ2) is 6.78. The molecule has 25 heavy (non-hydrogen) atoms. The van der Waals surface area contributed by atoms with Crippen molar-refractivity contribution in [1.82, 2.24) is 5.32 Å². The monoisotopic (exact) mass is 352 g/mol. The molecule has 0 saturated heterocycles. The number of alkyl carbamates (subject to hydrolysis) is 1. The van der Waals surface area contributed by atoms with E-state index >= 15 is 0 Å². The maximum Gasteiger partial charge on any atom is 0.408 e. The summed E-state index contributed by atoms with van der Waals surface area (Å²) in [5.74, 6) is 2.05. The second-order valence-electron chi connectivity index (χ2n) is 9.54. The fraction of sp³-hybridized carbons (Fsp3) is 0.895. The van der Waals surface area contributed by atoms with Gasteiger partial charge in [-0.2, -0.15) is 0 Å². The summed E-state index contributed by atoms with van der Waals surface area (Å²) in [4.78, 5) is 23.8. The molecule has 0 aromatic carbocycles. The number of hydrogen-bond acceptors (Lipinski definition) is 5. The minimum atomic E-state index is -0.793. The van der Waals surface area contributed by atoms with Crippen molar-refractivity contribution in [3.63, 3.8) is 0 Å². The molecule has 0 aliphatic heterocycles. The molecule has 4 rings (SSSR count). The van der Waals surface area contributed by atoms with Crippen LogP contribution in [0.1, 0.15) is 65.7 Å². The number of nitrogens with one attached hydrogen (secondary N) is 1. The maximum absolute atomic E-state index is 12.0. The lowest BCUT2D eigenvalue weighted by molar-refractivity contribution is -0.155. The van der Waals surface area contributed by atoms with E-state index in [1.54, 1.807) is 20.8 Å². The SMILES string of the molecule is CC(C)(C)OC(=O)CC(N)NC(=O)OCC12CC3CC(CC(C3)C1)C2. The summed E-state index contributed by atoms with van der Waals surface area (Å²) in [5, 5.41) is 2.54. The third-order valence-electron chi connectivity index (χ3n) is 5.78. The Morgan fingerprint density at radius 3 is 2.12 bits per heavy atom. The van der Waals surface area contributed by atoms with Crippen LogP contribution in [0, 0.1) is 23.2 Å². The van der Waals surface area contributed by atoms with E-state index in [1.165, 1.54) is 38.5 Å². The van der Waals surface area contributed by atoms with Crippen LogP contribution in [0.25, 0.3) is 0 Å². The lowest BCUT2D eigenvalue weighted by Gasteiger charge is -2.56. The van der Waals surface area contributed by atoms with Crippen LogP contribution >= 0.6 is 0 Å². The largest absolute Gasteiger partial charge is 0.460 e. The average molecular weight is 352 g/mol. The topological polar surface area (TPSA) is 90.6 Å². The lowest BCUT2D eigenvalue weighted by atomic mass is 9.50. The van der Waals surface area contributed by atoms with Gasteiger partial charge >= 0.3 is 12.1 Å². The Hall–Kier alpha value is -1.30. The highest BCUT2D eigenvalue weighted by Crippen LogP contribution is 2.60. The zero-order valence-electron chi connectivity index (χ0n) is 15.7. The van der Waals surface area contributed by atoms with Crippen LogP contribution in [0.2, 0.25) is 0 Å². The summed E-state index contributed by atoms with van der Waals surface area (Å²) >= 11 is 0. The summed E-state index contributed by atoms with van der Waals surface area (Å²) in [6.07, 6.45) is 6.28. The first kappa shape index (κ1) is 18.5. The van der Waals surface area contributed by atoms with Gasteiger partial charge in [0.1, 0.15) is 5.60 Å². The summed E-state index contributed by atoms with van der Waals surface area (Å²) in [7, 11) is 0. The molecule has 6 heteroatoms. The molecule has 3 N–H and O–H groups in total. The van der Waals surface area contributed by atoms with Crippen molar-refractivity contribution >= 4 is 12.1 Å². The molecular weight excluding hydrogens is 320 g/mol. The third kappa shape index (κ3) is 4.87. The molecular formula is C19H32N2O4. The Morgan fingerprint density at radius 2 is 1.64 bits per heavy atom. The Balaban J connectivity index is 1.42. The van der Waals surface area contributed by atoms with Crippen molar-refractivity contribution in [1.29, 1.82) is 0 Å². The predicted octanol–water partition coefficient (Wildman–Crippen LogP) is 2.95. The molecule has 0 spiro atoms. The first-order chi connectivity index (χ1) is 11.6. The summed E-state index contributed by atoms with van der Waals surface area (Å²) in [5.41, 5.74) is 5.44. The minimum absolute atomic E-state index is 0.0657. The van der Waals surface area contributed by atoms with Gasteiger partial charge in [0, 0.05) is 5.41 Å². The standard InChI is InChI=1S/C19H32N2O4/c1-18(2,3)25-16(22)7-15(20)21-17(23)24-11-19-8-12-4-13(9-19)6-14(5-12)10-19/h12-15H,4-11,20H2,1-3H3,(H,21,23). The van der Waals surface area contributed by atoms with Gasteiger partial charge in [-0.25, -0.2) is 4.79 Å². The highest BCUT2D eigenvalue weighted by atomic mass is 16.6. The van der Waals surface area contributed by atoms with Gasteiger partial charge in [-0.3, -0.25) is 4.79 Å². The number of esters is 1. The molecule has 4 saturated carbocycles. The molecule has 1 unspecified atom stereocenters. The number of ether oxygens (including phenoxy) is 2. The van der Waals surface area contributed by atoms with Crippen molar-refractivity contribution in [3.8, 4) is 0 Å².